The number of aromatic nitrogens is 8. The summed E-state index contributed by atoms with van der Waals surface area (Å²) in [6, 6.07) is 1.74. The molecule has 0 saturated carbocycles. The van der Waals surface area contributed by atoms with Gasteiger partial charge in [-0.25, -0.2) is 10.8 Å². The van der Waals surface area contributed by atoms with Gasteiger partial charge in [-0.3, -0.25) is 10.5 Å². The molecule has 0 saturated heterocycles. The van der Waals surface area contributed by atoms with Crippen LogP contribution < -0.4 is 16.0 Å². The molecule has 102 valence electrons. The summed E-state index contributed by atoms with van der Waals surface area (Å²) >= 11 is 0. The van der Waals surface area contributed by atoms with Crippen LogP contribution in [0.1, 0.15) is 5.69 Å². The van der Waals surface area contributed by atoms with Gasteiger partial charge in [0.25, 0.3) is 5.95 Å². The van der Waals surface area contributed by atoms with Crippen molar-refractivity contribution in [3.05, 3.63) is 24.4 Å². The lowest BCUT2D eigenvalue weighted by Crippen LogP contribution is -2.14. The third-order valence-corrected chi connectivity index (χ3v) is 2.23. The summed E-state index contributed by atoms with van der Waals surface area (Å²) in [4.78, 5) is 15.9. The molecular formula is C9H10N10O. The van der Waals surface area contributed by atoms with Crippen LogP contribution in [0.4, 0.5) is 5.95 Å². The Labute approximate surface area is 112 Å². The summed E-state index contributed by atoms with van der Waals surface area (Å²) < 4.78 is 6.77. The van der Waals surface area contributed by atoms with Gasteiger partial charge in [-0.05, 0) is 6.92 Å². The number of anilines is 1. The van der Waals surface area contributed by atoms with E-state index in [1.54, 1.807) is 6.07 Å². The summed E-state index contributed by atoms with van der Waals surface area (Å²) in [5.74, 6) is 6.00. The number of ether oxygens (including phenoxy) is 1. The van der Waals surface area contributed by atoms with Gasteiger partial charge in [0.15, 0.2) is 0 Å². The molecule has 0 aliphatic carbocycles. The van der Waals surface area contributed by atoms with Gasteiger partial charge in [-0.2, -0.15) is 24.7 Å². The molecule has 0 radical (unpaired) electrons. The number of nitrogens with two attached hydrogens (primary N) is 1. The molecule has 0 fully saturated rings. The van der Waals surface area contributed by atoms with E-state index in [9.17, 15) is 0 Å². The predicted molar refractivity (Wildman–Crippen MR) is 66.0 cm³/mol. The largest absolute Gasteiger partial charge is 0.403 e. The third kappa shape index (κ3) is 2.37. The number of hydrazine groups is 1. The molecule has 3 heterocycles. The molecule has 0 aliphatic rings. The highest BCUT2D eigenvalue weighted by Gasteiger charge is 2.11. The Kier molecular flexibility index (Phi) is 2.93. The van der Waals surface area contributed by atoms with Crippen LogP contribution in [0.2, 0.25) is 0 Å². The second-order valence-corrected chi connectivity index (χ2v) is 3.72. The van der Waals surface area contributed by atoms with Crippen molar-refractivity contribution < 1.29 is 4.74 Å². The first kappa shape index (κ1) is 12.0. The standard InChI is InChI=1S/C9H10N10O/c1-5-2-6(18-17-5)20-9-14-7(16-10)13-8(15-9)19-4-11-3-12-19/h2-4H,10H2,1H3,(H,17,18)(H,13,14,15,16). The molecule has 0 aromatic carbocycles. The van der Waals surface area contributed by atoms with E-state index >= 15 is 0 Å². The maximum atomic E-state index is 5.42. The molecule has 0 unspecified atom stereocenters. The van der Waals surface area contributed by atoms with Crippen LogP contribution in [0, 0.1) is 6.92 Å². The van der Waals surface area contributed by atoms with Crippen molar-refractivity contribution in [3.8, 4) is 17.8 Å². The molecule has 0 bridgehead atoms. The van der Waals surface area contributed by atoms with Crippen LogP contribution in [0.25, 0.3) is 5.95 Å². The number of rotatable bonds is 4. The molecule has 3 rings (SSSR count). The van der Waals surface area contributed by atoms with Crippen molar-refractivity contribution in [2.75, 3.05) is 5.43 Å². The molecule has 0 amide bonds. The second-order valence-electron chi connectivity index (χ2n) is 3.72. The molecular weight excluding hydrogens is 264 g/mol. The fraction of sp³-hybridized carbons (Fsp3) is 0.111. The summed E-state index contributed by atoms with van der Waals surface area (Å²) in [6.45, 7) is 1.85. The molecule has 11 nitrogen and oxygen atoms in total. The lowest BCUT2D eigenvalue weighted by atomic mass is 10.5. The summed E-state index contributed by atoms with van der Waals surface area (Å²) in [7, 11) is 0. The molecule has 0 spiro atoms. The Bertz CT molecular complexity index is 705. The van der Waals surface area contributed by atoms with Gasteiger partial charge in [0.05, 0.1) is 0 Å². The van der Waals surface area contributed by atoms with E-state index in [4.69, 9.17) is 10.6 Å². The Morgan fingerprint density at radius 2 is 2.25 bits per heavy atom. The number of nitrogens with zero attached hydrogens (tertiary/aromatic N) is 7. The maximum Gasteiger partial charge on any atom is 0.330 e. The fourth-order valence-electron chi connectivity index (χ4n) is 1.41. The molecule has 11 heteroatoms. The van der Waals surface area contributed by atoms with Gasteiger partial charge in [0.2, 0.25) is 11.8 Å². The minimum Gasteiger partial charge on any atom is -0.403 e. The van der Waals surface area contributed by atoms with Crippen molar-refractivity contribution in [2.24, 2.45) is 5.84 Å². The van der Waals surface area contributed by atoms with Crippen LogP contribution in [-0.2, 0) is 0 Å². The number of hydrogen-bond acceptors (Lipinski definition) is 9. The number of H-pyrrole nitrogens is 1. The highest BCUT2D eigenvalue weighted by atomic mass is 16.5. The van der Waals surface area contributed by atoms with Gasteiger partial charge < -0.3 is 4.74 Å². The second kappa shape index (κ2) is 4.89. The predicted octanol–water partition coefficient (Wildman–Crippen LogP) is -0.438. The average Bonchev–Trinajstić information content (AvgIpc) is 3.10. The molecule has 20 heavy (non-hydrogen) atoms. The Hall–Kier alpha value is -3.08. The van der Waals surface area contributed by atoms with E-state index in [1.807, 2.05) is 6.92 Å². The highest BCUT2D eigenvalue weighted by molar-refractivity contribution is 5.29. The number of nitrogen functional groups attached to an aromatic ring is 1. The van der Waals surface area contributed by atoms with Crippen molar-refractivity contribution >= 4 is 5.95 Å². The third-order valence-electron chi connectivity index (χ3n) is 2.23. The van der Waals surface area contributed by atoms with Crippen LogP contribution in [0.15, 0.2) is 18.7 Å². The minimum atomic E-state index is 0.0324. The zero-order chi connectivity index (χ0) is 13.9. The Morgan fingerprint density at radius 3 is 2.90 bits per heavy atom. The van der Waals surface area contributed by atoms with Crippen molar-refractivity contribution in [2.45, 2.75) is 6.92 Å². The van der Waals surface area contributed by atoms with Gasteiger partial charge in [-0.15, -0.1) is 5.10 Å². The average molecular weight is 274 g/mol. The quantitative estimate of drug-likeness (QED) is 0.425. The van der Waals surface area contributed by atoms with Crippen LogP contribution >= 0.6 is 0 Å². The van der Waals surface area contributed by atoms with Gasteiger partial charge in [0, 0.05) is 11.8 Å². The van der Waals surface area contributed by atoms with Crippen molar-refractivity contribution in [1.82, 2.24) is 39.9 Å². The topological polar surface area (TPSA) is 145 Å². The van der Waals surface area contributed by atoms with E-state index in [0.29, 0.717) is 5.88 Å². The first-order valence-corrected chi connectivity index (χ1v) is 5.52. The van der Waals surface area contributed by atoms with Gasteiger partial charge in [-0.1, -0.05) is 0 Å². The summed E-state index contributed by atoms with van der Waals surface area (Å²) in [5, 5.41) is 10.6. The highest BCUT2D eigenvalue weighted by Crippen LogP contribution is 2.17. The van der Waals surface area contributed by atoms with Crippen LogP contribution in [0.5, 0.6) is 11.9 Å². The summed E-state index contributed by atoms with van der Waals surface area (Å²) in [6.07, 6.45) is 2.80. The maximum absolute atomic E-state index is 5.42. The lowest BCUT2D eigenvalue weighted by Gasteiger charge is -2.05. The number of aromatic amines is 1. The number of nitrogens with one attached hydrogen (secondary N) is 2. The molecule has 3 aromatic rings. The normalized spacial score (nSPS) is 10.5. The minimum absolute atomic E-state index is 0.0324. The Balaban J connectivity index is 1.96. The van der Waals surface area contributed by atoms with Crippen LogP contribution in [-0.4, -0.2) is 39.9 Å². The van der Waals surface area contributed by atoms with Crippen molar-refractivity contribution in [1.29, 1.82) is 0 Å². The van der Waals surface area contributed by atoms with Crippen LogP contribution in [0.3, 0.4) is 0 Å². The molecule has 0 atom stereocenters. The van der Waals surface area contributed by atoms with Gasteiger partial charge >= 0.3 is 6.01 Å². The molecule has 0 aliphatic heterocycles. The zero-order valence-corrected chi connectivity index (χ0v) is 10.3. The lowest BCUT2D eigenvalue weighted by molar-refractivity contribution is 0.421. The number of aryl methyl sites for hydroxylation is 1. The van der Waals surface area contributed by atoms with E-state index < -0.39 is 0 Å². The van der Waals surface area contributed by atoms with Crippen molar-refractivity contribution in [3.63, 3.8) is 0 Å². The first-order valence-electron chi connectivity index (χ1n) is 5.52. The SMILES string of the molecule is Cc1cc(Oc2nc(NN)nc(-n3cncn3)n2)n[nH]1. The van der Waals surface area contributed by atoms with E-state index in [0.717, 1.165) is 5.69 Å². The smallest absolute Gasteiger partial charge is 0.330 e. The number of hydrogen-bond donors (Lipinski definition) is 3. The van der Waals surface area contributed by atoms with E-state index in [2.05, 4.69) is 40.7 Å². The summed E-state index contributed by atoms with van der Waals surface area (Å²) in [5.41, 5.74) is 3.18. The first-order chi connectivity index (χ1) is 9.74. The Morgan fingerprint density at radius 1 is 1.35 bits per heavy atom. The van der Waals surface area contributed by atoms with E-state index in [-0.39, 0.29) is 17.9 Å². The molecule has 3 aromatic heterocycles. The van der Waals surface area contributed by atoms with Gasteiger partial charge in [0.1, 0.15) is 12.7 Å². The monoisotopic (exact) mass is 274 g/mol. The zero-order valence-electron chi connectivity index (χ0n) is 10.3. The fourth-order valence-corrected chi connectivity index (χ4v) is 1.41. The molecule has 4 N–H and O–H groups in total. The van der Waals surface area contributed by atoms with E-state index in [1.165, 1.54) is 17.3 Å².